The Balaban J connectivity index is 0. The second-order valence-electron chi connectivity index (χ2n) is 4.41. The molecule has 0 aliphatic heterocycles. The number of rotatable bonds is 8. The predicted molar refractivity (Wildman–Crippen MR) is 70.5 cm³/mol. The minimum absolute atomic E-state index is 0. The van der Waals surface area contributed by atoms with Crippen LogP contribution in [0.5, 0.6) is 0 Å². The number of hydrogen-bond acceptors (Lipinski definition) is 4. The molecule has 1 atom stereocenters. The third kappa shape index (κ3) is 6.85. The van der Waals surface area contributed by atoms with Gasteiger partial charge in [-0.3, -0.25) is 9.59 Å². The topological polar surface area (TPSA) is 72.2 Å². The monoisotopic (exact) mass is 248 g/mol. The fraction of sp³-hybridized carbons (Fsp3) is 0.818. The first-order valence-electron chi connectivity index (χ1n) is 5.50. The molecule has 0 bridgehead atoms. The zero-order valence-corrected chi connectivity index (χ0v) is 11.3. The summed E-state index contributed by atoms with van der Waals surface area (Å²) in [4.78, 5) is 22.5. The standard InChI is InChI=1S/C11H22N2O2S.H2/c1-7(2)10(14)6-16-5-9(11(12)15)13-8(3)4;/h7-9,13H,5-6H2,1-4H3,(H2,12,15);1H. The number of nitrogens with one attached hydrogen (secondary N) is 1. The maximum Gasteiger partial charge on any atom is 0.235 e. The van der Waals surface area contributed by atoms with E-state index in [2.05, 4.69) is 5.32 Å². The Morgan fingerprint density at radius 1 is 1.31 bits per heavy atom. The van der Waals surface area contributed by atoms with E-state index >= 15 is 0 Å². The smallest absolute Gasteiger partial charge is 0.235 e. The van der Waals surface area contributed by atoms with Gasteiger partial charge in [-0.25, -0.2) is 0 Å². The second-order valence-corrected chi connectivity index (χ2v) is 5.44. The maximum absolute atomic E-state index is 11.4. The molecule has 0 radical (unpaired) electrons. The van der Waals surface area contributed by atoms with Crippen LogP contribution in [-0.4, -0.2) is 35.3 Å². The molecule has 0 aliphatic rings. The van der Waals surface area contributed by atoms with Crippen molar-refractivity contribution in [2.75, 3.05) is 11.5 Å². The van der Waals surface area contributed by atoms with Crippen molar-refractivity contribution < 1.29 is 11.0 Å². The highest BCUT2D eigenvalue weighted by Gasteiger charge is 2.17. The molecule has 96 valence electrons. The molecule has 0 aromatic rings. The molecule has 16 heavy (non-hydrogen) atoms. The van der Waals surface area contributed by atoms with Gasteiger partial charge in [-0.1, -0.05) is 27.7 Å². The van der Waals surface area contributed by atoms with Gasteiger partial charge in [0.15, 0.2) is 0 Å². The van der Waals surface area contributed by atoms with E-state index in [1.54, 1.807) is 0 Å². The summed E-state index contributed by atoms with van der Waals surface area (Å²) in [6.45, 7) is 7.67. The number of nitrogens with two attached hydrogens (primary N) is 1. The largest absolute Gasteiger partial charge is 0.368 e. The van der Waals surface area contributed by atoms with Crippen LogP contribution in [0.2, 0.25) is 0 Å². The molecule has 1 unspecified atom stereocenters. The van der Waals surface area contributed by atoms with E-state index in [4.69, 9.17) is 5.73 Å². The lowest BCUT2D eigenvalue weighted by molar-refractivity contribution is -0.120. The third-order valence-corrected chi connectivity index (χ3v) is 3.11. The summed E-state index contributed by atoms with van der Waals surface area (Å²) in [6.07, 6.45) is 0. The van der Waals surface area contributed by atoms with Crippen molar-refractivity contribution in [2.24, 2.45) is 11.7 Å². The van der Waals surface area contributed by atoms with Gasteiger partial charge in [0.05, 0.1) is 11.8 Å². The molecule has 0 spiro atoms. The van der Waals surface area contributed by atoms with Gasteiger partial charge in [-0.2, -0.15) is 11.8 Å². The number of carbonyl (C=O) groups excluding carboxylic acids is 2. The molecular weight excluding hydrogens is 224 g/mol. The predicted octanol–water partition coefficient (Wildman–Crippen LogP) is 1.04. The van der Waals surface area contributed by atoms with Crippen molar-refractivity contribution in [1.82, 2.24) is 5.32 Å². The molecular formula is C11H24N2O2S. The highest BCUT2D eigenvalue weighted by molar-refractivity contribution is 8.00. The number of carbonyl (C=O) groups is 2. The molecule has 0 saturated carbocycles. The van der Waals surface area contributed by atoms with Crippen LogP contribution < -0.4 is 11.1 Å². The SMILES string of the molecule is CC(C)NC(CSCC(=O)C(C)C)C(N)=O.[HH]. The molecule has 0 rings (SSSR count). The third-order valence-electron chi connectivity index (χ3n) is 2.05. The molecule has 5 heteroatoms. The van der Waals surface area contributed by atoms with Crippen molar-refractivity contribution >= 4 is 23.5 Å². The minimum Gasteiger partial charge on any atom is -0.368 e. The normalized spacial score (nSPS) is 13.1. The van der Waals surface area contributed by atoms with E-state index in [9.17, 15) is 9.59 Å². The molecule has 0 aromatic carbocycles. The van der Waals surface area contributed by atoms with Gasteiger partial charge in [-0.15, -0.1) is 0 Å². The molecule has 0 aromatic heterocycles. The van der Waals surface area contributed by atoms with Gasteiger partial charge in [0, 0.05) is 19.1 Å². The summed E-state index contributed by atoms with van der Waals surface area (Å²) < 4.78 is 0. The molecule has 0 saturated heterocycles. The van der Waals surface area contributed by atoms with Gasteiger partial charge in [0.25, 0.3) is 0 Å². The maximum atomic E-state index is 11.4. The van der Waals surface area contributed by atoms with Crippen LogP contribution in [0.3, 0.4) is 0 Å². The zero-order valence-electron chi connectivity index (χ0n) is 10.4. The Morgan fingerprint density at radius 3 is 2.25 bits per heavy atom. The zero-order chi connectivity index (χ0) is 12.7. The van der Waals surface area contributed by atoms with E-state index in [1.165, 1.54) is 11.8 Å². The quantitative estimate of drug-likeness (QED) is 0.673. The summed E-state index contributed by atoms with van der Waals surface area (Å²) in [5, 5.41) is 3.08. The lowest BCUT2D eigenvalue weighted by atomic mass is 10.1. The van der Waals surface area contributed by atoms with Gasteiger partial charge in [0.1, 0.15) is 5.78 Å². The minimum atomic E-state index is -0.363. The van der Waals surface area contributed by atoms with Crippen molar-refractivity contribution in [3.8, 4) is 0 Å². The van der Waals surface area contributed by atoms with Crippen LogP contribution in [0.15, 0.2) is 0 Å². The van der Waals surface area contributed by atoms with Crippen LogP contribution in [0, 0.1) is 5.92 Å². The van der Waals surface area contributed by atoms with Gasteiger partial charge in [-0.05, 0) is 0 Å². The van der Waals surface area contributed by atoms with Gasteiger partial charge < -0.3 is 11.1 Å². The Labute approximate surface area is 103 Å². The Bertz CT molecular complexity index is 248. The molecule has 0 fully saturated rings. The van der Waals surface area contributed by atoms with E-state index < -0.39 is 0 Å². The lowest BCUT2D eigenvalue weighted by Crippen LogP contribution is -2.46. The van der Waals surface area contributed by atoms with Crippen LogP contribution in [0.4, 0.5) is 0 Å². The van der Waals surface area contributed by atoms with E-state index in [1.807, 2.05) is 27.7 Å². The first kappa shape index (κ1) is 15.4. The molecule has 4 nitrogen and oxygen atoms in total. The summed E-state index contributed by atoms with van der Waals surface area (Å²) in [5.74, 6) is 0.890. The summed E-state index contributed by atoms with van der Waals surface area (Å²) in [6, 6.07) is -0.149. The first-order chi connectivity index (χ1) is 7.34. The molecule has 0 heterocycles. The molecule has 0 aliphatic carbocycles. The van der Waals surface area contributed by atoms with Gasteiger partial charge >= 0.3 is 0 Å². The highest BCUT2D eigenvalue weighted by Crippen LogP contribution is 2.07. The second kappa shape index (κ2) is 7.68. The number of amides is 1. The Kier molecular flexibility index (Phi) is 7.42. The number of Topliss-reactive ketones (excluding diaryl/α,β-unsaturated/α-hetero) is 1. The van der Waals surface area contributed by atoms with Crippen LogP contribution in [-0.2, 0) is 9.59 Å². The average molecular weight is 248 g/mol. The summed E-state index contributed by atoms with van der Waals surface area (Å²) in [5.41, 5.74) is 5.26. The van der Waals surface area contributed by atoms with Crippen molar-refractivity contribution in [1.29, 1.82) is 0 Å². The van der Waals surface area contributed by atoms with Crippen molar-refractivity contribution in [2.45, 2.75) is 39.8 Å². The number of ketones is 1. The number of primary amides is 1. The Morgan fingerprint density at radius 2 is 1.88 bits per heavy atom. The van der Waals surface area contributed by atoms with Crippen LogP contribution in [0.1, 0.15) is 29.1 Å². The van der Waals surface area contributed by atoms with Crippen LogP contribution in [0.25, 0.3) is 0 Å². The average Bonchev–Trinajstić information content (AvgIpc) is 2.14. The van der Waals surface area contributed by atoms with E-state index in [-0.39, 0.29) is 31.1 Å². The van der Waals surface area contributed by atoms with Crippen LogP contribution >= 0.6 is 11.8 Å². The Hall–Kier alpha value is -0.550. The van der Waals surface area contributed by atoms with Crippen molar-refractivity contribution in [3.05, 3.63) is 0 Å². The van der Waals surface area contributed by atoms with E-state index in [0.717, 1.165) is 0 Å². The van der Waals surface area contributed by atoms with Crippen molar-refractivity contribution in [3.63, 3.8) is 0 Å². The highest BCUT2D eigenvalue weighted by atomic mass is 32.2. The summed E-state index contributed by atoms with van der Waals surface area (Å²) in [7, 11) is 0. The van der Waals surface area contributed by atoms with E-state index in [0.29, 0.717) is 11.5 Å². The molecule has 3 N–H and O–H groups in total. The molecule has 1 amide bonds. The first-order valence-corrected chi connectivity index (χ1v) is 6.65. The number of thioether (sulfide) groups is 1. The fourth-order valence-electron chi connectivity index (χ4n) is 1.06. The summed E-state index contributed by atoms with van der Waals surface area (Å²) >= 11 is 1.46. The number of hydrogen-bond donors (Lipinski definition) is 2. The van der Waals surface area contributed by atoms with Gasteiger partial charge in [0.2, 0.25) is 5.91 Å². The fourth-order valence-corrected chi connectivity index (χ4v) is 2.21. The lowest BCUT2D eigenvalue weighted by Gasteiger charge is -2.17.